The predicted octanol–water partition coefficient (Wildman–Crippen LogP) is 1.89. The van der Waals surface area contributed by atoms with Gasteiger partial charge in [0.1, 0.15) is 0 Å². The van der Waals surface area contributed by atoms with E-state index in [1.165, 1.54) is 26.1 Å². The van der Waals surface area contributed by atoms with Gasteiger partial charge in [-0.15, -0.1) is 0 Å². The van der Waals surface area contributed by atoms with Crippen LogP contribution in [-0.2, 0) is 0 Å². The Bertz CT molecular complexity index is 169. The molecule has 0 spiro atoms. The second-order valence-electron chi connectivity index (χ2n) is 5.75. The molecule has 1 atom stereocenters. The summed E-state index contributed by atoms with van der Waals surface area (Å²) in [5.74, 6) is 0.756. The highest BCUT2D eigenvalue weighted by atomic mass is 15.2. The minimum atomic E-state index is 0.633. The third-order valence-corrected chi connectivity index (χ3v) is 2.92. The van der Waals surface area contributed by atoms with E-state index >= 15 is 0 Å². The summed E-state index contributed by atoms with van der Waals surface area (Å²) in [6, 6.07) is 0.633. The molecular weight excluding hydrogens is 210 g/mol. The Morgan fingerprint density at radius 3 is 2.12 bits per heavy atom. The summed E-state index contributed by atoms with van der Waals surface area (Å²) in [4.78, 5) is 4.86. The Labute approximate surface area is 109 Å². The minimum Gasteiger partial charge on any atom is -0.314 e. The Balaban J connectivity index is 3.91. The van der Waals surface area contributed by atoms with Crippen molar-refractivity contribution in [2.75, 3.05) is 46.8 Å². The van der Waals surface area contributed by atoms with E-state index in [4.69, 9.17) is 0 Å². The summed E-state index contributed by atoms with van der Waals surface area (Å²) < 4.78 is 0. The molecule has 17 heavy (non-hydrogen) atoms. The quantitative estimate of drug-likeness (QED) is 0.632. The van der Waals surface area contributed by atoms with Crippen LogP contribution < -0.4 is 5.32 Å². The zero-order valence-electron chi connectivity index (χ0n) is 12.8. The Hall–Kier alpha value is -0.120. The molecular formula is C14H33N3. The van der Waals surface area contributed by atoms with Crippen LogP contribution in [-0.4, -0.2) is 62.7 Å². The van der Waals surface area contributed by atoms with Gasteiger partial charge in [0.2, 0.25) is 0 Å². The molecule has 0 saturated carbocycles. The van der Waals surface area contributed by atoms with Crippen LogP contribution in [0.1, 0.15) is 34.1 Å². The Kier molecular flexibility index (Phi) is 9.79. The number of likely N-dealkylation sites (N-methyl/N-ethyl adjacent to an activating group) is 1. The van der Waals surface area contributed by atoms with E-state index in [0.717, 1.165) is 19.0 Å². The van der Waals surface area contributed by atoms with Gasteiger partial charge in [0.25, 0.3) is 0 Å². The third-order valence-electron chi connectivity index (χ3n) is 2.92. The van der Waals surface area contributed by atoms with Crippen LogP contribution in [0.3, 0.4) is 0 Å². The minimum absolute atomic E-state index is 0.633. The van der Waals surface area contributed by atoms with Gasteiger partial charge in [-0.3, -0.25) is 0 Å². The molecule has 0 bridgehead atoms. The topological polar surface area (TPSA) is 18.5 Å². The van der Waals surface area contributed by atoms with Crippen molar-refractivity contribution in [3.05, 3.63) is 0 Å². The van der Waals surface area contributed by atoms with Crippen LogP contribution in [0.15, 0.2) is 0 Å². The average Bonchev–Trinajstić information content (AvgIpc) is 2.21. The van der Waals surface area contributed by atoms with Crippen molar-refractivity contribution < 1.29 is 0 Å². The first-order valence-electron chi connectivity index (χ1n) is 7.06. The van der Waals surface area contributed by atoms with E-state index in [1.807, 2.05) is 0 Å². The molecule has 0 aliphatic rings. The summed E-state index contributed by atoms with van der Waals surface area (Å²) in [5, 5.41) is 3.48. The maximum atomic E-state index is 3.48. The first kappa shape index (κ1) is 16.9. The van der Waals surface area contributed by atoms with E-state index in [1.54, 1.807) is 0 Å². The fourth-order valence-electron chi connectivity index (χ4n) is 1.98. The molecule has 3 nitrogen and oxygen atoms in total. The number of nitrogens with zero attached hydrogens (tertiary/aromatic N) is 2. The highest BCUT2D eigenvalue weighted by Gasteiger charge is 2.09. The summed E-state index contributed by atoms with van der Waals surface area (Å²) in [5.41, 5.74) is 0. The van der Waals surface area contributed by atoms with Crippen LogP contribution in [0.2, 0.25) is 0 Å². The molecule has 0 aromatic rings. The number of rotatable bonds is 10. The third kappa shape index (κ3) is 10.7. The second-order valence-corrected chi connectivity index (χ2v) is 5.75. The normalized spacial score (nSPS) is 13.9. The Morgan fingerprint density at radius 1 is 1.00 bits per heavy atom. The van der Waals surface area contributed by atoms with E-state index < -0.39 is 0 Å². The van der Waals surface area contributed by atoms with Gasteiger partial charge >= 0.3 is 0 Å². The molecule has 0 radical (unpaired) electrons. The lowest BCUT2D eigenvalue weighted by atomic mass is 10.1. The smallest absolute Gasteiger partial charge is 0.0109 e. The van der Waals surface area contributed by atoms with E-state index in [9.17, 15) is 0 Å². The van der Waals surface area contributed by atoms with Crippen LogP contribution in [0.5, 0.6) is 0 Å². The maximum absolute atomic E-state index is 3.48. The molecule has 0 aromatic carbocycles. The van der Waals surface area contributed by atoms with Crippen LogP contribution in [0.4, 0.5) is 0 Å². The van der Waals surface area contributed by atoms with Gasteiger partial charge < -0.3 is 15.1 Å². The molecule has 1 unspecified atom stereocenters. The van der Waals surface area contributed by atoms with Gasteiger partial charge in [-0.25, -0.2) is 0 Å². The fourth-order valence-corrected chi connectivity index (χ4v) is 1.98. The van der Waals surface area contributed by atoms with Crippen molar-refractivity contribution in [1.82, 2.24) is 15.1 Å². The number of nitrogens with one attached hydrogen (secondary N) is 1. The van der Waals surface area contributed by atoms with E-state index in [2.05, 4.69) is 56.9 Å². The molecule has 0 aliphatic carbocycles. The first-order chi connectivity index (χ1) is 7.95. The molecule has 0 aliphatic heterocycles. The lowest BCUT2D eigenvalue weighted by Gasteiger charge is -2.27. The molecule has 3 heteroatoms. The summed E-state index contributed by atoms with van der Waals surface area (Å²) in [7, 11) is 4.30. The lowest BCUT2D eigenvalue weighted by Crippen LogP contribution is -2.37. The van der Waals surface area contributed by atoms with Crippen molar-refractivity contribution in [1.29, 1.82) is 0 Å². The zero-order chi connectivity index (χ0) is 13.3. The number of hydrogen-bond donors (Lipinski definition) is 1. The van der Waals surface area contributed by atoms with E-state index in [-0.39, 0.29) is 0 Å². The Morgan fingerprint density at radius 2 is 1.65 bits per heavy atom. The molecule has 104 valence electrons. The van der Waals surface area contributed by atoms with Crippen molar-refractivity contribution in [3.63, 3.8) is 0 Å². The van der Waals surface area contributed by atoms with Gasteiger partial charge in [0, 0.05) is 25.7 Å². The van der Waals surface area contributed by atoms with Crippen molar-refractivity contribution in [3.8, 4) is 0 Å². The molecule has 0 fully saturated rings. The van der Waals surface area contributed by atoms with Crippen LogP contribution in [0, 0.1) is 5.92 Å². The van der Waals surface area contributed by atoms with Gasteiger partial charge in [0.05, 0.1) is 0 Å². The average molecular weight is 243 g/mol. The fraction of sp³-hybridized carbons (Fsp3) is 1.00. The number of hydrogen-bond acceptors (Lipinski definition) is 3. The molecule has 0 saturated heterocycles. The van der Waals surface area contributed by atoms with E-state index in [0.29, 0.717) is 6.04 Å². The zero-order valence-corrected chi connectivity index (χ0v) is 12.8. The van der Waals surface area contributed by atoms with Crippen molar-refractivity contribution in [2.24, 2.45) is 5.92 Å². The van der Waals surface area contributed by atoms with Gasteiger partial charge in [-0.05, 0) is 46.4 Å². The SMILES string of the molecule is CCNC(C)CCN(CCN(C)C)CC(C)C. The van der Waals surface area contributed by atoms with Gasteiger partial charge in [-0.1, -0.05) is 20.8 Å². The van der Waals surface area contributed by atoms with Gasteiger partial charge in [-0.2, -0.15) is 0 Å². The monoisotopic (exact) mass is 243 g/mol. The molecule has 0 amide bonds. The van der Waals surface area contributed by atoms with Crippen molar-refractivity contribution in [2.45, 2.75) is 40.2 Å². The van der Waals surface area contributed by atoms with Crippen LogP contribution >= 0.6 is 0 Å². The largest absolute Gasteiger partial charge is 0.314 e. The standard InChI is InChI=1S/C14H33N3/c1-7-15-14(4)8-9-17(12-13(2)3)11-10-16(5)6/h13-15H,7-12H2,1-6H3. The molecule has 0 rings (SSSR count). The molecule has 0 heterocycles. The van der Waals surface area contributed by atoms with Crippen molar-refractivity contribution >= 4 is 0 Å². The van der Waals surface area contributed by atoms with Crippen LogP contribution in [0.25, 0.3) is 0 Å². The molecule has 1 N–H and O–H groups in total. The molecule has 0 aromatic heterocycles. The maximum Gasteiger partial charge on any atom is 0.0109 e. The summed E-state index contributed by atoms with van der Waals surface area (Å²) in [6.07, 6.45) is 1.24. The lowest BCUT2D eigenvalue weighted by molar-refractivity contribution is 0.210. The first-order valence-corrected chi connectivity index (χ1v) is 7.06. The summed E-state index contributed by atoms with van der Waals surface area (Å²) >= 11 is 0. The highest BCUT2D eigenvalue weighted by Crippen LogP contribution is 2.02. The predicted molar refractivity (Wildman–Crippen MR) is 77.6 cm³/mol. The second kappa shape index (κ2) is 9.86. The van der Waals surface area contributed by atoms with Gasteiger partial charge in [0.15, 0.2) is 0 Å². The summed E-state index contributed by atoms with van der Waals surface area (Å²) in [6.45, 7) is 14.9. The highest BCUT2D eigenvalue weighted by molar-refractivity contribution is 4.67.